The summed E-state index contributed by atoms with van der Waals surface area (Å²) in [4.78, 5) is 30.7. The number of imidazole rings is 1. The maximum Gasteiger partial charge on any atom is 0.325 e. The van der Waals surface area contributed by atoms with Gasteiger partial charge in [-0.15, -0.1) is 0 Å². The summed E-state index contributed by atoms with van der Waals surface area (Å²) in [5.74, 6) is -0.0542. The Labute approximate surface area is 140 Å². The van der Waals surface area contributed by atoms with Gasteiger partial charge in [0.25, 0.3) is 5.91 Å². The van der Waals surface area contributed by atoms with E-state index in [-0.39, 0.29) is 11.9 Å². The van der Waals surface area contributed by atoms with Gasteiger partial charge in [0, 0.05) is 13.1 Å². The van der Waals surface area contributed by atoms with Crippen molar-refractivity contribution in [1.82, 2.24) is 19.8 Å². The van der Waals surface area contributed by atoms with Gasteiger partial charge in [0.05, 0.1) is 17.4 Å². The van der Waals surface area contributed by atoms with Crippen molar-refractivity contribution in [2.45, 2.75) is 51.6 Å². The highest BCUT2D eigenvalue weighted by Crippen LogP contribution is 2.35. The molecule has 2 aliphatic rings. The third-order valence-corrected chi connectivity index (χ3v) is 5.50. The van der Waals surface area contributed by atoms with Crippen LogP contribution in [0.3, 0.4) is 0 Å². The van der Waals surface area contributed by atoms with Gasteiger partial charge < -0.3 is 9.88 Å². The van der Waals surface area contributed by atoms with Crippen LogP contribution >= 0.6 is 0 Å². The molecule has 6 heteroatoms. The zero-order chi connectivity index (χ0) is 16.9. The second-order valence-electron chi connectivity index (χ2n) is 7.04. The molecule has 2 fully saturated rings. The van der Waals surface area contributed by atoms with Gasteiger partial charge in [-0.3, -0.25) is 9.69 Å². The molecule has 1 saturated heterocycles. The van der Waals surface area contributed by atoms with Gasteiger partial charge in [0.15, 0.2) is 0 Å². The fraction of sp³-hybridized carbons (Fsp3) is 0.500. The van der Waals surface area contributed by atoms with Crippen LogP contribution in [0.2, 0.25) is 0 Å². The van der Waals surface area contributed by atoms with Crippen molar-refractivity contribution in [1.29, 1.82) is 0 Å². The fourth-order valence-electron chi connectivity index (χ4n) is 3.90. The van der Waals surface area contributed by atoms with Crippen LogP contribution in [0, 0.1) is 13.8 Å². The molecule has 0 unspecified atom stereocenters. The fourth-order valence-corrected chi connectivity index (χ4v) is 3.90. The minimum Gasteiger partial charge on any atom is -0.329 e. The number of carbonyl (C=O) groups excluding carboxylic acids is 2. The maximum absolute atomic E-state index is 12.7. The molecule has 3 amide bonds. The molecule has 4 rings (SSSR count). The van der Waals surface area contributed by atoms with E-state index in [0.29, 0.717) is 13.1 Å². The van der Waals surface area contributed by atoms with E-state index in [1.807, 2.05) is 4.57 Å². The summed E-state index contributed by atoms with van der Waals surface area (Å²) in [7, 11) is 0. The molecule has 0 radical (unpaired) electrons. The minimum atomic E-state index is -0.623. The van der Waals surface area contributed by atoms with Crippen molar-refractivity contribution in [2.24, 2.45) is 0 Å². The number of nitrogens with one attached hydrogen (secondary N) is 1. The van der Waals surface area contributed by atoms with Crippen LogP contribution in [-0.4, -0.2) is 38.5 Å². The summed E-state index contributed by atoms with van der Waals surface area (Å²) in [5, 5.41) is 2.93. The number of fused-ring (bicyclic) bond motifs is 1. The molecule has 2 aromatic rings. The molecule has 1 aromatic heterocycles. The van der Waals surface area contributed by atoms with Crippen molar-refractivity contribution in [2.75, 3.05) is 6.54 Å². The van der Waals surface area contributed by atoms with Crippen molar-refractivity contribution in [3.05, 3.63) is 29.6 Å². The number of carbonyl (C=O) groups is 2. The van der Waals surface area contributed by atoms with Crippen molar-refractivity contribution < 1.29 is 9.59 Å². The van der Waals surface area contributed by atoms with E-state index in [9.17, 15) is 9.59 Å². The third-order valence-electron chi connectivity index (χ3n) is 5.50. The summed E-state index contributed by atoms with van der Waals surface area (Å²) < 4.78 is 2.02. The lowest BCUT2D eigenvalue weighted by Crippen LogP contribution is -2.44. The highest BCUT2D eigenvalue weighted by molar-refractivity contribution is 6.07. The van der Waals surface area contributed by atoms with Crippen LogP contribution in [0.1, 0.15) is 36.8 Å². The molecule has 0 bridgehead atoms. The lowest BCUT2D eigenvalue weighted by Gasteiger charge is -2.20. The Hall–Kier alpha value is -2.37. The minimum absolute atomic E-state index is 0.0542. The average Bonchev–Trinajstić information content (AvgIpc) is 3.21. The van der Waals surface area contributed by atoms with Gasteiger partial charge in [0.2, 0.25) is 0 Å². The molecule has 6 nitrogen and oxygen atoms in total. The van der Waals surface area contributed by atoms with E-state index in [1.165, 1.54) is 16.0 Å². The van der Waals surface area contributed by atoms with Crippen molar-refractivity contribution in [3.8, 4) is 0 Å². The predicted octanol–water partition coefficient (Wildman–Crippen LogP) is 2.52. The number of aryl methyl sites for hydroxylation is 2. The molecule has 1 N–H and O–H groups in total. The van der Waals surface area contributed by atoms with Gasteiger partial charge in [-0.2, -0.15) is 0 Å². The summed E-state index contributed by atoms with van der Waals surface area (Å²) in [6.45, 7) is 5.09. The van der Waals surface area contributed by atoms with Crippen LogP contribution in [0.4, 0.5) is 4.79 Å². The number of imide groups is 1. The monoisotopic (exact) mass is 326 g/mol. The first-order valence-electron chi connectivity index (χ1n) is 8.56. The Bertz CT molecular complexity index is 833. The summed E-state index contributed by atoms with van der Waals surface area (Å²) in [6, 6.07) is 3.93. The molecule has 1 spiro atoms. The van der Waals surface area contributed by atoms with E-state index in [4.69, 9.17) is 0 Å². The first kappa shape index (κ1) is 15.2. The predicted molar refractivity (Wildman–Crippen MR) is 90.7 cm³/mol. The van der Waals surface area contributed by atoms with Gasteiger partial charge >= 0.3 is 6.03 Å². The molecule has 1 aliphatic heterocycles. The molecule has 2 heterocycles. The number of hydrogen-bond donors (Lipinski definition) is 1. The van der Waals surface area contributed by atoms with Gasteiger partial charge in [-0.1, -0.05) is 12.8 Å². The highest BCUT2D eigenvalue weighted by Gasteiger charge is 2.52. The number of urea groups is 1. The van der Waals surface area contributed by atoms with Crippen LogP contribution in [0.5, 0.6) is 0 Å². The summed E-state index contributed by atoms with van der Waals surface area (Å²) >= 11 is 0. The zero-order valence-electron chi connectivity index (χ0n) is 14.1. The van der Waals surface area contributed by atoms with Gasteiger partial charge in [0.1, 0.15) is 5.54 Å². The van der Waals surface area contributed by atoms with Crippen molar-refractivity contribution >= 4 is 23.0 Å². The SMILES string of the molecule is Cc1cc2ncn(CCN3C(=O)NC4(CCCC4)C3=O)c2cc1C. The van der Waals surface area contributed by atoms with Crippen LogP contribution in [-0.2, 0) is 11.3 Å². The van der Waals surface area contributed by atoms with E-state index in [2.05, 4.69) is 36.3 Å². The normalized spacial score (nSPS) is 19.7. The van der Waals surface area contributed by atoms with E-state index >= 15 is 0 Å². The standard InChI is InChI=1S/C18H22N4O2/c1-12-9-14-15(10-13(12)2)21(11-19-14)7-8-22-16(23)18(20-17(22)24)5-3-4-6-18/h9-11H,3-8H2,1-2H3,(H,20,24). The quantitative estimate of drug-likeness (QED) is 0.881. The average molecular weight is 326 g/mol. The maximum atomic E-state index is 12.7. The first-order chi connectivity index (χ1) is 11.5. The number of aromatic nitrogens is 2. The summed E-state index contributed by atoms with van der Waals surface area (Å²) in [6.07, 6.45) is 5.32. The van der Waals surface area contributed by atoms with Crippen LogP contribution < -0.4 is 5.32 Å². The lowest BCUT2D eigenvalue weighted by atomic mass is 9.98. The topological polar surface area (TPSA) is 67.2 Å². The first-order valence-corrected chi connectivity index (χ1v) is 8.56. The largest absolute Gasteiger partial charge is 0.329 e. The smallest absolute Gasteiger partial charge is 0.325 e. The van der Waals surface area contributed by atoms with Crippen LogP contribution in [0.15, 0.2) is 18.5 Å². The number of nitrogens with zero attached hydrogens (tertiary/aromatic N) is 3. The van der Waals surface area contributed by atoms with E-state index in [1.54, 1.807) is 6.33 Å². The summed E-state index contributed by atoms with van der Waals surface area (Å²) in [5.41, 5.74) is 3.79. The Kier molecular flexibility index (Phi) is 3.37. The lowest BCUT2D eigenvalue weighted by molar-refractivity contribution is -0.131. The van der Waals surface area contributed by atoms with E-state index in [0.717, 1.165) is 36.7 Å². The Balaban J connectivity index is 1.54. The molecule has 1 aromatic carbocycles. The van der Waals surface area contributed by atoms with E-state index < -0.39 is 5.54 Å². The van der Waals surface area contributed by atoms with Crippen LogP contribution in [0.25, 0.3) is 11.0 Å². The molecule has 0 atom stereocenters. The number of amides is 3. The third kappa shape index (κ3) is 2.20. The Morgan fingerprint density at radius 2 is 1.83 bits per heavy atom. The number of rotatable bonds is 3. The zero-order valence-corrected chi connectivity index (χ0v) is 14.1. The van der Waals surface area contributed by atoms with Crippen molar-refractivity contribution in [3.63, 3.8) is 0 Å². The number of benzene rings is 1. The Morgan fingerprint density at radius 3 is 2.58 bits per heavy atom. The molecular weight excluding hydrogens is 304 g/mol. The molecular formula is C18H22N4O2. The number of hydrogen-bond acceptors (Lipinski definition) is 3. The van der Waals surface area contributed by atoms with Gasteiger partial charge in [-0.25, -0.2) is 9.78 Å². The highest BCUT2D eigenvalue weighted by atomic mass is 16.2. The van der Waals surface area contributed by atoms with Gasteiger partial charge in [-0.05, 0) is 49.9 Å². The second-order valence-corrected chi connectivity index (χ2v) is 7.04. The molecule has 24 heavy (non-hydrogen) atoms. The second kappa shape index (κ2) is 5.33. The molecule has 1 aliphatic carbocycles. The molecule has 1 saturated carbocycles. The molecule has 126 valence electrons. The Morgan fingerprint density at radius 1 is 1.12 bits per heavy atom.